The minimum Gasteiger partial charge on any atom is -0.497 e. The summed E-state index contributed by atoms with van der Waals surface area (Å²) in [5, 5.41) is 0. The van der Waals surface area contributed by atoms with Gasteiger partial charge in [0.1, 0.15) is 11.6 Å². The van der Waals surface area contributed by atoms with Crippen molar-refractivity contribution < 1.29 is 18.7 Å². The number of hydrogen-bond acceptors (Lipinski definition) is 4. The molecule has 0 saturated carbocycles. The lowest BCUT2D eigenvalue weighted by Gasteiger charge is -2.16. The smallest absolute Gasteiger partial charge is 0.306 e. The summed E-state index contributed by atoms with van der Waals surface area (Å²) in [7, 11) is 1.63. The molecule has 0 aliphatic heterocycles. The van der Waals surface area contributed by atoms with Crippen LogP contribution in [0.1, 0.15) is 24.8 Å². The maximum Gasteiger partial charge on any atom is 0.306 e. The predicted octanol–water partition coefficient (Wildman–Crippen LogP) is 4.66. The van der Waals surface area contributed by atoms with Crippen molar-refractivity contribution in [1.82, 2.24) is 0 Å². The van der Waals surface area contributed by atoms with Gasteiger partial charge in [-0.25, -0.2) is 4.39 Å². The predicted molar refractivity (Wildman–Crippen MR) is 94.1 cm³/mol. The van der Waals surface area contributed by atoms with Crippen LogP contribution in [0.4, 0.5) is 4.39 Å². The Bertz CT molecular complexity index is 658. The topological polar surface area (TPSA) is 35.5 Å². The third-order valence-corrected chi connectivity index (χ3v) is 4.71. The molecule has 128 valence electrons. The van der Waals surface area contributed by atoms with E-state index in [0.29, 0.717) is 12.4 Å². The Morgan fingerprint density at radius 2 is 1.96 bits per heavy atom. The van der Waals surface area contributed by atoms with Crippen molar-refractivity contribution in [3.63, 3.8) is 0 Å². The summed E-state index contributed by atoms with van der Waals surface area (Å²) < 4.78 is 23.4. The summed E-state index contributed by atoms with van der Waals surface area (Å²) in [5.74, 6) is 0.925. The molecule has 0 N–H and O–H groups in total. The molecule has 3 nitrogen and oxygen atoms in total. The van der Waals surface area contributed by atoms with Gasteiger partial charge >= 0.3 is 5.97 Å². The molecule has 2 aromatic carbocycles. The third-order valence-electron chi connectivity index (χ3n) is 3.55. The highest BCUT2D eigenvalue weighted by molar-refractivity contribution is 7.99. The van der Waals surface area contributed by atoms with E-state index in [2.05, 4.69) is 0 Å². The number of esters is 1. The quantitative estimate of drug-likeness (QED) is 0.513. The molecular formula is C19H21FO3S. The summed E-state index contributed by atoms with van der Waals surface area (Å²) >= 11 is 1.64. The molecule has 0 aromatic heterocycles. The first kappa shape index (κ1) is 18.3. The minimum atomic E-state index is -0.283. The van der Waals surface area contributed by atoms with Gasteiger partial charge in [-0.05, 0) is 42.8 Å². The number of thioether (sulfide) groups is 1. The van der Waals surface area contributed by atoms with Gasteiger partial charge < -0.3 is 9.47 Å². The first-order valence-electron chi connectivity index (χ1n) is 7.80. The molecule has 0 fully saturated rings. The Hall–Kier alpha value is -2.01. The molecule has 2 rings (SSSR count). The molecule has 0 heterocycles. The molecular weight excluding hydrogens is 327 g/mol. The molecule has 24 heavy (non-hydrogen) atoms. The van der Waals surface area contributed by atoms with E-state index in [-0.39, 0.29) is 24.1 Å². The molecule has 2 aromatic rings. The van der Waals surface area contributed by atoms with Crippen LogP contribution in [0.2, 0.25) is 0 Å². The van der Waals surface area contributed by atoms with Crippen molar-refractivity contribution >= 4 is 17.7 Å². The number of benzene rings is 2. The van der Waals surface area contributed by atoms with Crippen molar-refractivity contribution in [2.45, 2.75) is 24.2 Å². The fraction of sp³-hybridized carbons (Fsp3) is 0.316. The first-order chi connectivity index (χ1) is 11.6. The number of hydrogen-bond donors (Lipinski definition) is 0. The average molecular weight is 348 g/mol. The van der Waals surface area contributed by atoms with Gasteiger partial charge in [0.05, 0.1) is 20.1 Å². The van der Waals surface area contributed by atoms with Gasteiger partial charge in [-0.3, -0.25) is 4.79 Å². The Labute approximate surface area is 146 Å². The zero-order valence-electron chi connectivity index (χ0n) is 13.8. The molecule has 0 radical (unpaired) electrons. The third kappa shape index (κ3) is 5.57. The lowest BCUT2D eigenvalue weighted by atomic mass is 9.98. The molecule has 0 amide bonds. The van der Waals surface area contributed by atoms with E-state index in [1.54, 1.807) is 37.9 Å². The Morgan fingerprint density at radius 3 is 2.62 bits per heavy atom. The van der Waals surface area contributed by atoms with Crippen molar-refractivity contribution in [3.8, 4) is 5.75 Å². The van der Waals surface area contributed by atoms with Crippen LogP contribution < -0.4 is 4.74 Å². The van der Waals surface area contributed by atoms with E-state index < -0.39 is 0 Å². The molecule has 5 heteroatoms. The van der Waals surface area contributed by atoms with Gasteiger partial charge in [0.15, 0.2) is 0 Å². The van der Waals surface area contributed by atoms with Gasteiger partial charge in [0.2, 0.25) is 0 Å². The number of carbonyl (C=O) groups is 1. The van der Waals surface area contributed by atoms with E-state index in [0.717, 1.165) is 16.2 Å². The fourth-order valence-electron chi connectivity index (χ4n) is 2.32. The lowest BCUT2D eigenvalue weighted by molar-refractivity contribution is -0.143. The fourth-order valence-corrected chi connectivity index (χ4v) is 3.40. The highest BCUT2D eigenvalue weighted by atomic mass is 32.2. The molecule has 1 atom stereocenters. The van der Waals surface area contributed by atoms with Crippen LogP contribution >= 0.6 is 11.8 Å². The van der Waals surface area contributed by atoms with Crippen LogP contribution in [-0.2, 0) is 9.53 Å². The summed E-state index contributed by atoms with van der Waals surface area (Å²) in [5.41, 5.74) is 0.930. The Morgan fingerprint density at radius 1 is 1.21 bits per heavy atom. The van der Waals surface area contributed by atoms with Crippen molar-refractivity contribution in [1.29, 1.82) is 0 Å². The Balaban J connectivity index is 2.09. The van der Waals surface area contributed by atoms with Gasteiger partial charge in [0, 0.05) is 16.6 Å². The van der Waals surface area contributed by atoms with E-state index in [1.807, 2.05) is 24.3 Å². The maximum absolute atomic E-state index is 13.2. The molecule has 0 bridgehead atoms. The summed E-state index contributed by atoms with van der Waals surface area (Å²) in [6, 6.07) is 14.1. The van der Waals surface area contributed by atoms with Gasteiger partial charge in [-0.1, -0.05) is 18.2 Å². The number of rotatable bonds is 8. The molecule has 0 spiro atoms. The summed E-state index contributed by atoms with van der Waals surface area (Å²) in [6.07, 6.45) is 0.274. The molecule has 0 saturated heterocycles. The second-order valence-electron chi connectivity index (χ2n) is 5.25. The first-order valence-corrected chi connectivity index (χ1v) is 8.79. The van der Waals surface area contributed by atoms with Crippen molar-refractivity contribution in [2.75, 3.05) is 19.5 Å². The van der Waals surface area contributed by atoms with E-state index in [9.17, 15) is 9.18 Å². The Kier molecular flexibility index (Phi) is 7.12. The number of ether oxygens (including phenoxy) is 2. The standard InChI is InChI=1S/C19H21FO3S/c1-3-23-19(21)11-15(14-7-9-16(20)10-8-14)13-24-18-6-4-5-17(12-18)22-2/h4-10,12,15H,3,11,13H2,1-2H3. The normalized spacial score (nSPS) is 11.8. The van der Waals surface area contributed by atoms with Crippen LogP contribution in [0, 0.1) is 5.82 Å². The highest BCUT2D eigenvalue weighted by Crippen LogP contribution is 2.30. The van der Waals surface area contributed by atoms with E-state index >= 15 is 0 Å². The van der Waals surface area contributed by atoms with Crippen LogP contribution in [0.25, 0.3) is 0 Å². The zero-order chi connectivity index (χ0) is 17.4. The summed E-state index contributed by atoms with van der Waals surface area (Å²) in [4.78, 5) is 12.9. The zero-order valence-corrected chi connectivity index (χ0v) is 14.6. The molecule has 0 aliphatic rings. The number of halogens is 1. The highest BCUT2D eigenvalue weighted by Gasteiger charge is 2.18. The van der Waals surface area contributed by atoms with Gasteiger partial charge in [-0.15, -0.1) is 11.8 Å². The largest absolute Gasteiger partial charge is 0.497 e. The monoisotopic (exact) mass is 348 g/mol. The second-order valence-corrected chi connectivity index (χ2v) is 6.34. The lowest BCUT2D eigenvalue weighted by Crippen LogP contribution is -2.12. The second kappa shape index (κ2) is 9.33. The maximum atomic E-state index is 13.2. The van der Waals surface area contributed by atoms with Crippen molar-refractivity contribution in [3.05, 3.63) is 59.9 Å². The van der Waals surface area contributed by atoms with Crippen LogP contribution in [0.5, 0.6) is 5.75 Å². The van der Waals surface area contributed by atoms with Crippen molar-refractivity contribution in [2.24, 2.45) is 0 Å². The number of methoxy groups -OCH3 is 1. The van der Waals surface area contributed by atoms with Crippen LogP contribution in [0.3, 0.4) is 0 Å². The SMILES string of the molecule is CCOC(=O)CC(CSc1cccc(OC)c1)c1ccc(F)cc1. The average Bonchev–Trinajstić information content (AvgIpc) is 2.60. The minimum absolute atomic E-state index is 0.0409. The van der Waals surface area contributed by atoms with E-state index in [1.165, 1.54) is 12.1 Å². The molecule has 0 aliphatic carbocycles. The van der Waals surface area contributed by atoms with Gasteiger partial charge in [-0.2, -0.15) is 0 Å². The van der Waals surface area contributed by atoms with Crippen LogP contribution in [0.15, 0.2) is 53.4 Å². The van der Waals surface area contributed by atoms with E-state index in [4.69, 9.17) is 9.47 Å². The molecule has 1 unspecified atom stereocenters. The summed E-state index contributed by atoms with van der Waals surface area (Å²) in [6.45, 7) is 2.15. The van der Waals surface area contributed by atoms with Crippen LogP contribution in [-0.4, -0.2) is 25.4 Å². The number of carbonyl (C=O) groups excluding carboxylic acids is 1. The van der Waals surface area contributed by atoms with Gasteiger partial charge in [0.25, 0.3) is 0 Å².